The Kier molecular flexibility index (Phi) is 9.58. The molecule has 7 atom stereocenters. The minimum atomic E-state index is -1.45. The fraction of sp³-hybridized carbons (Fsp3) is 0.600. The standard InChI is InChI=1S/C25H33FO8/c1-2-21(28)24(25(30)31)34-13-15-3-9-20-19(22(29)11-23(20)33-12-15)10-6-17(27)14-32-18-7-4-16(26)5-8-18/h4-8,10,15,17,19-20,22-24,27,29H,2-3,9,11-14H2,1H3,(H,30,31)/b10-6+/t15-,17-,19-,20-,22-,23+,24?/m1/s1. The van der Waals surface area contributed by atoms with Gasteiger partial charge in [-0.2, -0.15) is 0 Å². The van der Waals surface area contributed by atoms with Crippen molar-refractivity contribution in [3.63, 3.8) is 0 Å². The van der Waals surface area contributed by atoms with Crippen molar-refractivity contribution >= 4 is 11.8 Å². The number of aliphatic hydroxyl groups is 2. The number of carbonyl (C=O) groups is 2. The van der Waals surface area contributed by atoms with Gasteiger partial charge in [-0.25, -0.2) is 9.18 Å². The summed E-state index contributed by atoms with van der Waals surface area (Å²) < 4.78 is 29.9. The van der Waals surface area contributed by atoms with Crippen molar-refractivity contribution in [3.8, 4) is 5.75 Å². The van der Waals surface area contributed by atoms with E-state index in [0.29, 0.717) is 25.2 Å². The fourth-order valence-electron chi connectivity index (χ4n) is 4.59. The zero-order valence-corrected chi connectivity index (χ0v) is 19.2. The molecule has 9 heteroatoms. The molecule has 1 heterocycles. The summed E-state index contributed by atoms with van der Waals surface area (Å²) in [7, 11) is 0. The van der Waals surface area contributed by atoms with Crippen molar-refractivity contribution in [2.45, 2.75) is 57.0 Å². The van der Waals surface area contributed by atoms with E-state index in [4.69, 9.17) is 14.2 Å². The Morgan fingerprint density at radius 1 is 1.26 bits per heavy atom. The van der Waals surface area contributed by atoms with Gasteiger partial charge < -0.3 is 29.5 Å². The maximum absolute atomic E-state index is 13.0. The Morgan fingerprint density at radius 3 is 2.68 bits per heavy atom. The first-order valence-electron chi connectivity index (χ1n) is 11.7. The van der Waals surface area contributed by atoms with Gasteiger partial charge in [-0.15, -0.1) is 0 Å². The number of hydrogen-bond acceptors (Lipinski definition) is 7. The SMILES string of the molecule is CCC(=O)C(OC[C@@H]1CC[C@@H]2[C@@H](/C=C/[C@@H](O)COc3ccc(F)cc3)[C@H](O)C[C@@H]2OC1)C(=O)O. The summed E-state index contributed by atoms with van der Waals surface area (Å²) in [4.78, 5) is 23.1. The summed E-state index contributed by atoms with van der Waals surface area (Å²) in [5.74, 6) is -1.86. The lowest BCUT2D eigenvalue weighted by Gasteiger charge is -2.21. The number of Topliss-reactive ketones (excluding diaryl/α,β-unsaturated/α-hetero) is 1. The second kappa shape index (κ2) is 12.4. The van der Waals surface area contributed by atoms with E-state index in [2.05, 4.69) is 0 Å². The number of halogens is 1. The number of rotatable bonds is 11. The summed E-state index contributed by atoms with van der Waals surface area (Å²) in [6.45, 7) is 2.08. The van der Waals surface area contributed by atoms with E-state index < -0.39 is 30.1 Å². The number of carbonyl (C=O) groups excluding carboxylic acids is 1. The Morgan fingerprint density at radius 2 is 2.00 bits per heavy atom. The highest BCUT2D eigenvalue weighted by Crippen LogP contribution is 2.41. The van der Waals surface area contributed by atoms with Crippen LogP contribution in [0.5, 0.6) is 5.75 Å². The Bertz CT molecular complexity index is 842. The van der Waals surface area contributed by atoms with Crippen LogP contribution in [0, 0.1) is 23.6 Å². The Balaban J connectivity index is 1.50. The van der Waals surface area contributed by atoms with Gasteiger partial charge in [-0.05, 0) is 43.0 Å². The number of carboxylic acids is 1. The largest absolute Gasteiger partial charge is 0.491 e. The molecule has 0 radical (unpaired) electrons. The van der Waals surface area contributed by atoms with Crippen molar-refractivity contribution in [1.29, 1.82) is 0 Å². The highest BCUT2D eigenvalue weighted by atomic mass is 19.1. The van der Waals surface area contributed by atoms with Gasteiger partial charge in [0.1, 0.15) is 24.3 Å². The van der Waals surface area contributed by atoms with E-state index in [9.17, 15) is 29.3 Å². The van der Waals surface area contributed by atoms with E-state index >= 15 is 0 Å². The summed E-state index contributed by atoms with van der Waals surface area (Å²) in [5, 5.41) is 30.0. The molecule has 0 spiro atoms. The highest BCUT2D eigenvalue weighted by molar-refractivity contribution is 6.01. The lowest BCUT2D eigenvalue weighted by atomic mass is 9.87. The van der Waals surface area contributed by atoms with E-state index in [1.165, 1.54) is 24.3 Å². The predicted octanol–water partition coefficient (Wildman–Crippen LogP) is 2.36. The summed E-state index contributed by atoms with van der Waals surface area (Å²) in [6, 6.07) is 5.52. The molecule has 1 aromatic rings. The monoisotopic (exact) mass is 480 g/mol. The molecule has 1 saturated heterocycles. The van der Waals surface area contributed by atoms with Crippen molar-refractivity contribution in [2.75, 3.05) is 19.8 Å². The number of aliphatic carboxylic acids is 1. The molecule has 1 saturated carbocycles. The van der Waals surface area contributed by atoms with Crippen LogP contribution in [0.4, 0.5) is 4.39 Å². The Hall–Kier alpha value is -2.33. The fourth-order valence-corrected chi connectivity index (χ4v) is 4.59. The van der Waals surface area contributed by atoms with Crippen LogP contribution in [0.1, 0.15) is 32.6 Å². The third kappa shape index (κ3) is 7.09. The quantitative estimate of drug-likeness (QED) is 0.326. The van der Waals surface area contributed by atoms with Gasteiger partial charge in [0.25, 0.3) is 0 Å². The molecule has 1 aromatic carbocycles. The number of fused-ring (bicyclic) bond motifs is 1. The summed E-state index contributed by atoms with van der Waals surface area (Å²) >= 11 is 0. The smallest absolute Gasteiger partial charge is 0.340 e. The van der Waals surface area contributed by atoms with Crippen LogP contribution in [0.25, 0.3) is 0 Å². The first kappa shape index (κ1) is 26.3. The number of ketones is 1. The van der Waals surface area contributed by atoms with Gasteiger partial charge in [0.05, 0.1) is 25.4 Å². The highest BCUT2D eigenvalue weighted by Gasteiger charge is 2.43. The first-order valence-corrected chi connectivity index (χ1v) is 11.7. The lowest BCUT2D eigenvalue weighted by molar-refractivity contribution is -0.157. The molecular formula is C25H33FO8. The van der Waals surface area contributed by atoms with Gasteiger partial charge >= 0.3 is 5.97 Å². The van der Waals surface area contributed by atoms with Crippen LogP contribution in [-0.2, 0) is 19.1 Å². The van der Waals surface area contributed by atoms with Crippen LogP contribution < -0.4 is 4.74 Å². The van der Waals surface area contributed by atoms with Crippen LogP contribution in [0.15, 0.2) is 36.4 Å². The van der Waals surface area contributed by atoms with E-state index in [1.54, 1.807) is 19.1 Å². The molecular weight excluding hydrogens is 447 g/mol. The Labute approximate surface area is 198 Å². The van der Waals surface area contributed by atoms with Gasteiger partial charge in [0.15, 0.2) is 5.78 Å². The van der Waals surface area contributed by atoms with Crippen LogP contribution >= 0.6 is 0 Å². The molecule has 34 heavy (non-hydrogen) atoms. The number of carboxylic acid groups (broad SMARTS) is 1. The maximum atomic E-state index is 13.0. The summed E-state index contributed by atoms with van der Waals surface area (Å²) in [5.41, 5.74) is 0. The third-order valence-electron chi connectivity index (χ3n) is 6.50. The average Bonchev–Trinajstić information content (AvgIpc) is 2.98. The lowest BCUT2D eigenvalue weighted by Crippen LogP contribution is -2.34. The molecule has 0 aromatic heterocycles. The molecule has 0 amide bonds. The summed E-state index contributed by atoms with van der Waals surface area (Å²) in [6.07, 6.45) is 2.33. The molecule has 3 rings (SSSR count). The normalized spacial score (nSPS) is 28.8. The zero-order valence-electron chi connectivity index (χ0n) is 19.2. The zero-order chi connectivity index (χ0) is 24.7. The van der Waals surface area contributed by atoms with Gasteiger partial charge in [-0.3, -0.25) is 4.79 Å². The van der Waals surface area contributed by atoms with Gasteiger partial charge in [-0.1, -0.05) is 19.1 Å². The minimum Gasteiger partial charge on any atom is -0.491 e. The van der Waals surface area contributed by atoms with Gasteiger partial charge in [0.2, 0.25) is 6.10 Å². The molecule has 8 nitrogen and oxygen atoms in total. The topological polar surface area (TPSA) is 123 Å². The van der Waals surface area contributed by atoms with Crippen molar-refractivity contribution in [2.24, 2.45) is 17.8 Å². The molecule has 1 unspecified atom stereocenters. The van der Waals surface area contributed by atoms with E-state index in [1.807, 2.05) is 0 Å². The van der Waals surface area contributed by atoms with Crippen LogP contribution in [0.2, 0.25) is 0 Å². The number of aliphatic hydroxyl groups excluding tert-OH is 2. The molecule has 2 aliphatic rings. The van der Waals surface area contributed by atoms with Gasteiger partial charge in [0, 0.05) is 24.7 Å². The molecule has 0 bridgehead atoms. The molecule has 2 fully saturated rings. The van der Waals surface area contributed by atoms with E-state index in [-0.39, 0.29) is 49.3 Å². The molecule has 188 valence electrons. The molecule has 3 N–H and O–H groups in total. The third-order valence-corrected chi connectivity index (χ3v) is 6.50. The minimum absolute atomic E-state index is 0.00379. The first-order chi connectivity index (χ1) is 16.3. The predicted molar refractivity (Wildman–Crippen MR) is 120 cm³/mol. The molecule has 1 aliphatic heterocycles. The maximum Gasteiger partial charge on any atom is 0.340 e. The second-order valence-electron chi connectivity index (χ2n) is 8.95. The van der Waals surface area contributed by atoms with E-state index in [0.717, 1.165) is 6.42 Å². The van der Waals surface area contributed by atoms with Crippen molar-refractivity contribution in [3.05, 3.63) is 42.2 Å². The second-order valence-corrected chi connectivity index (χ2v) is 8.95. The molecule has 1 aliphatic carbocycles. The van der Waals surface area contributed by atoms with Crippen molar-refractivity contribution in [1.82, 2.24) is 0 Å². The average molecular weight is 481 g/mol. The van der Waals surface area contributed by atoms with Crippen molar-refractivity contribution < 1.29 is 43.5 Å². The number of hydrogen-bond donors (Lipinski definition) is 3. The van der Waals surface area contributed by atoms with Crippen LogP contribution in [0.3, 0.4) is 0 Å². The van der Waals surface area contributed by atoms with Crippen LogP contribution in [-0.4, -0.2) is 71.3 Å². The number of benzene rings is 1. The number of ether oxygens (including phenoxy) is 3.